The first-order valence-electron chi connectivity index (χ1n) is 12.6. The number of rotatable bonds is 7. The molecule has 0 bridgehead atoms. The average molecular weight is 527 g/mol. The number of hydrogen-bond acceptors (Lipinski definition) is 7. The summed E-state index contributed by atoms with van der Waals surface area (Å²) in [4.78, 5) is 39.0. The summed E-state index contributed by atoms with van der Waals surface area (Å²) < 4.78 is 1.46. The molecular formula is C26H29B2N6O3S. The lowest BCUT2D eigenvalue weighted by molar-refractivity contribution is -0.134. The van der Waals surface area contributed by atoms with Crippen molar-refractivity contribution in [3.63, 3.8) is 0 Å². The van der Waals surface area contributed by atoms with Crippen LogP contribution in [-0.2, 0) is 15.1 Å². The molecule has 0 aliphatic carbocycles. The largest absolute Gasteiger partial charge is 0.391 e. The van der Waals surface area contributed by atoms with Gasteiger partial charge in [0.1, 0.15) is 5.84 Å². The van der Waals surface area contributed by atoms with Gasteiger partial charge in [-0.05, 0) is 30.9 Å². The molecule has 5 rings (SSSR count). The Hall–Kier alpha value is -3.24. The van der Waals surface area contributed by atoms with E-state index >= 15 is 0 Å². The Balaban J connectivity index is 1.43. The maximum absolute atomic E-state index is 13.9. The van der Waals surface area contributed by atoms with Gasteiger partial charge in [0.25, 0.3) is 5.91 Å². The van der Waals surface area contributed by atoms with Crippen LogP contribution in [0.1, 0.15) is 49.9 Å². The van der Waals surface area contributed by atoms with E-state index in [-0.39, 0.29) is 24.3 Å². The maximum Gasteiger partial charge on any atom is 0.257 e. The molecule has 193 valence electrons. The lowest BCUT2D eigenvalue weighted by Crippen LogP contribution is -2.48. The predicted octanol–water partition coefficient (Wildman–Crippen LogP) is 2.01. The molecule has 4 atom stereocenters. The van der Waals surface area contributed by atoms with E-state index in [1.165, 1.54) is 11.9 Å². The average Bonchev–Trinajstić information content (AvgIpc) is 3.67. The van der Waals surface area contributed by atoms with Gasteiger partial charge in [0.05, 0.1) is 40.3 Å². The second kappa shape index (κ2) is 10.1. The third kappa shape index (κ3) is 4.60. The fourth-order valence-corrected chi connectivity index (χ4v) is 6.15. The summed E-state index contributed by atoms with van der Waals surface area (Å²) in [7, 11) is 6.90. The van der Waals surface area contributed by atoms with Gasteiger partial charge in [-0.3, -0.25) is 9.59 Å². The number of aryl methyl sites for hydroxylation is 1. The number of benzene rings is 1. The quantitative estimate of drug-likeness (QED) is 0.457. The summed E-state index contributed by atoms with van der Waals surface area (Å²) in [5.41, 5.74) is 4.16. The van der Waals surface area contributed by atoms with Gasteiger partial charge in [-0.1, -0.05) is 38.1 Å². The molecule has 0 spiro atoms. The molecule has 2 aromatic heterocycles. The van der Waals surface area contributed by atoms with Crippen molar-refractivity contribution in [2.45, 2.75) is 57.7 Å². The van der Waals surface area contributed by atoms with E-state index in [1.54, 1.807) is 35.6 Å². The molecule has 12 heteroatoms. The number of β-amino-alcohol motifs (C(OH)–C–C–N with tert-alkyl or cyclic N) is 1. The van der Waals surface area contributed by atoms with Crippen molar-refractivity contribution in [2.75, 3.05) is 6.54 Å². The normalized spacial score (nSPS) is 24.0. The molecule has 9 nitrogen and oxygen atoms in total. The first kappa shape index (κ1) is 26.4. The second-order valence-corrected chi connectivity index (χ2v) is 11.2. The second-order valence-electron chi connectivity index (χ2n) is 10.4. The predicted molar refractivity (Wildman–Crippen MR) is 148 cm³/mol. The standard InChI is InChI=1S/C26H29B2N6O3S/c1-14(2)21(17-10-30-34(11-17)28-27)24(36)33-12-19(35)9-20(33)23-31-25(37)26(4,32-23)18-7-5-16(6-8-18)22-15(3)29-13-38-22/h5-8,10-11,13-14,19-21,35H,9,12H2,1-4H3,(H,31,32,37)/t19-,20?,21?,26+/m1/s1. The molecular weight excluding hydrogens is 498 g/mol. The summed E-state index contributed by atoms with van der Waals surface area (Å²) in [5, 5.41) is 17.7. The van der Waals surface area contributed by atoms with Crippen LogP contribution < -0.4 is 5.32 Å². The van der Waals surface area contributed by atoms with E-state index < -0.39 is 23.6 Å². The fraction of sp³-hybridized carbons (Fsp3) is 0.423. The summed E-state index contributed by atoms with van der Waals surface area (Å²) in [6.07, 6.45) is 2.94. The van der Waals surface area contributed by atoms with Crippen LogP contribution in [0.5, 0.6) is 0 Å². The number of carbonyl (C=O) groups excluding carboxylic acids is 2. The van der Waals surface area contributed by atoms with Crippen LogP contribution >= 0.6 is 11.3 Å². The van der Waals surface area contributed by atoms with E-state index in [0.29, 0.717) is 12.3 Å². The minimum absolute atomic E-state index is 0.0256. The van der Waals surface area contributed by atoms with Crippen molar-refractivity contribution in [3.05, 3.63) is 59.0 Å². The highest BCUT2D eigenvalue weighted by Gasteiger charge is 2.48. The summed E-state index contributed by atoms with van der Waals surface area (Å²) in [6, 6.07) is 7.23. The number of aliphatic hydroxyl groups excluding tert-OH is 1. The molecule has 0 saturated carbocycles. The Morgan fingerprint density at radius 1 is 1.32 bits per heavy atom. The van der Waals surface area contributed by atoms with E-state index in [1.807, 2.05) is 50.5 Å². The van der Waals surface area contributed by atoms with E-state index in [4.69, 9.17) is 12.7 Å². The lowest BCUT2D eigenvalue weighted by atomic mass is 9.67. The van der Waals surface area contributed by atoms with Gasteiger partial charge >= 0.3 is 0 Å². The van der Waals surface area contributed by atoms with Crippen molar-refractivity contribution in [2.24, 2.45) is 10.9 Å². The molecule has 3 aromatic rings. The number of carbonyl (C=O) groups is 2. The van der Waals surface area contributed by atoms with Crippen LogP contribution in [0.2, 0.25) is 0 Å². The first-order valence-corrected chi connectivity index (χ1v) is 13.5. The number of amides is 2. The molecule has 2 N–H and O–H groups in total. The maximum atomic E-state index is 13.9. The Bertz CT molecular complexity index is 1390. The van der Waals surface area contributed by atoms with Crippen LogP contribution in [0.15, 0.2) is 47.2 Å². The molecule has 1 aromatic carbocycles. The van der Waals surface area contributed by atoms with Crippen molar-refractivity contribution >= 4 is 44.0 Å². The summed E-state index contributed by atoms with van der Waals surface area (Å²) in [5.74, 6) is -0.514. The smallest absolute Gasteiger partial charge is 0.257 e. The number of hydrogen-bond donors (Lipinski definition) is 2. The fourth-order valence-electron chi connectivity index (χ4n) is 5.34. The van der Waals surface area contributed by atoms with Crippen LogP contribution in [0, 0.1) is 12.8 Å². The van der Waals surface area contributed by atoms with Crippen LogP contribution in [-0.4, -0.2) is 76.1 Å². The number of aliphatic hydroxyl groups is 1. The molecule has 1 saturated heterocycles. The number of nitrogens with one attached hydrogen (secondary N) is 1. The van der Waals surface area contributed by atoms with Crippen molar-refractivity contribution in [1.29, 1.82) is 0 Å². The Labute approximate surface area is 228 Å². The number of likely N-dealkylation sites (tertiary alicyclic amines) is 1. The van der Waals surface area contributed by atoms with Gasteiger partial charge < -0.3 is 19.9 Å². The molecule has 1 fully saturated rings. The number of thiazole rings is 1. The Morgan fingerprint density at radius 2 is 2.05 bits per heavy atom. The molecule has 4 heterocycles. The third-order valence-corrected chi connectivity index (χ3v) is 8.40. The van der Waals surface area contributed by atoms with Crippen molar-refractivity contribution < 1.29 is 14.7 Å². The van der Waals surface area contributed by atoms with Gasteiger partial charge in [-0.2, -0.15) is 5.10 Å². The van der Waals surface area contributed by atoms with Crippen LogP contribution in [0.4, 0.5) is 0 Å². The van der Waals surface area contributed by atoms with Gasteiger partial charge in [0, 0.05) is 32.5 Å². The number of aliphatic imine (C=N–C) groups is 1. The summed E-state index contributed by atoms with van der Waals surface area (Å²) >= 11 is 1.57. The highest BCUT2D eigenvalue weighted by atomic mass is 32.1. The molecule has 2 amide bonds. The highest BCUT2D eigenvalue weighted by molar-refractivity contribution is 7.13. The first-order chi connectivity index (χ1) is 18.1. The molecule has 3 radical (unpaired) electrons. The van der Waals surface area contributed by atoms with Gasteiger partial charge in [-0.15, -0.1) is 11.3 Å². The minimum atomic E-state index is -1.14. The number of aromatic nitrogens is 3. The van der Waals surface area contributed by atoms with Gasteiger partial charge in [0.15, 0.2) is 5.54 Å². The van der Waals surface area contributed by atoms with Gasteiger partial charge in [0.2, 0.25) is 13.2 Å². The zero-order valence-corrected chi connectivity index (χ0v) is 22.6. The topological polar surface area (TPSA) is 113 Å². The lowest BCUT2D eigenvalue weighted by Gasteiger charge is -2.30. The molecule has 2 aliphatic heterocycles. The van der Waals surface area contributed by atoms with E-state index in [0.717, 1.165) is 27.3 Å². The molecule has 2 unspecified atom stereocenters. The zero-order chi connectivity index (χ0) is 27.2. The number of nitrogens with zero attached hydrogens (tertiary/aromatic N) is 5. The Kier molecular flexibility index (Phi) is 7.04. The third-order valence-electron chi connectivity index (χ3n) is 7.43. The zero-order valence-electron chi connectivity index (χ0n) is 21.8. The molecule has 38 heavy (non-hydrogen) atoms. The van der Waals surface area contributed by atoms with E-state index in [9.17, 15) is 14.7 Å². The monoisotopic (exact) mass is 527 g/mol. The van der Waals surface area contributed by atoms with Crippen LogP contribution in [0.25, 0.3) is 10.4 Å². The minimum Gasteiger partial charge on any atom is -0.391 e. The molecule has 2 aliphatic rings. The summed E-state index contributed by atoms with van der Waals surface area (Å²) in [6.45, 7) is 7.85. The van der Waals surface area contributed by atoms with E-state index in [2.05, 4.69) is 15.4 Å². The SMILES string of the molecule is [B][B]n1cc(C(C(=O)N2C[C@H](O)CC2C2=N[C@@](C)(c3ccc(-c4scnc4C)cc3)C(=O)N2)C(C)C)cn1. The van der Waals surface area contributed by atoms with Crippen molar-refractivity contribution in [1.82, 2.24) is 24.9 Å². The highest BCUT2D eigenvalue weighted by Crippen LogP contribution is 2.36. The van der Waals surface area contributed by atoms with Gasteiger partial charge in [-0.25, -0.2) is 9.98 Å². The van der Waals surface area contributed by atoms with Crippen LogP contribution in [0.3, 0.4) is 0 Å². The number of amidine groups is 1. The Morgan fingerprint density at radius 3 is 2.66 bits per heavy atom. The van der Waals surface area contributed by atoms with Crippen molar-refractivity contribution in [3.8, 4) is 10.4 Å².